The number of carbonyl (C=O) groups is 1. The van der Waals surface area contributed by atoms with E-state index in [0.717, 1.165) is 49.6 Å². The number of aromatic nitrogens is 2. The second-order valence-corrected chi connectivity index (χ2v) is 7.79. The highest BCUT2D eigenvalue weighted by Gasteiger charge is 2.23. The number of anilines is 1. The number of benzene rings is 2. The predicted octanol–water partition coefficient (Wildman–Crippen LogP) is 4.29. The van der Waals surface area contributed by atoms with Crippen molar-refractivity contribution >= 4 is 11.7 Å². The molecule has 1 N–H and O–H groups in total. The number of hydrogen-bond donors (Lipinski definition) is 1. The van der Waals surface area contributed by atoms with Gasteiger partial charge in [-0.1, -0.05) is 30.3 Å². The summed E-state index contributed by atoms with van der Waals surface area (Å²) in [6.45, 7) is 4.89. The summed E-state index contributed by atoms with van der Waals surface area (Å²) >= 11 is 0. The molecule has 1 amide bonds. The van der Waals surface area contributed by atoms with Gasteiger partial charge in [-0.15, -0.1) is 0 Å². The minimum absolute atomic E-state index is 0.0909. The highest BCUT2D eigenvalue weighted by atomic mass is 16.5. The Bertz CT molecular complexity index is 988. The summed E-state index contributed by atoms with van der Waals surface area (Å²) in [6, 6.07) is 18.1. The molecule has 0 spiro atoms. The zero-order valence-corrected chi connectivity index (χ0v) is 17.5. The first-order chi connectivity index (χ1) is 14.6. The van der Waals surface area contributed by atoms with E-state index in [1.807, 2.05) is 54.1 Å². The van der Waals surface area contributed by atoms with E-state index in [-0.39, 0.29) is 5.91 Å². The van der Waals surface area contributed by atoms with E-state index in [1.54, 1.807) is 13.3 Å². The Kier molecular flexibility index (Phi) is 6.14. The third-order valence-corrected chi connectivity index (χ3v) is 5.77. The topological polar surface area (TPSA) is 59.4 Å². The van der Waals surface area contributed by atoms with Crippen LogP contribution in [-0.2, 0) is 6.54 Å². The number of nitrogens with one attached hydrogen (secondary N) is 1. The standard InChI is InChI=1S/C24H28N4O2/c1-18-5-3-4-6-22(18)24(29)26-23-11-14-25-28(23)20-12-15-27(16-13-20)17-19-7-9-21(30-2)10-8-19/h3-11,14,20H,12-13,15-17H2,1-2H3,(H,26,29). The molecular formula is C24H28N4O2. The van der Waals surface area contributed by atoms with E-state index in [2.05, 4.69) is 27.4 Å². The fourth-order valence-corrected chi connectivity index (χ4v) is 4.03. The van der Waals surface area contributed by atoms with Gasteiger partial charge in [0.15, 0.2) is 0 Å². The fourth-order valence-electron chi connectivity index (χ4n) is 4.03. The van der Waals surface area contributed by atoms with E-state index in [9.17, 15) is 4.79 Å². The molecule has 1 aliphatic rings. The number of ether oxygens (including phenoxy) is 1. The molecule has 4 rings (SSSR count). The van der Waals surface area contributed by atoms with Gasteiger partial charge in [0.05, 0.1) is 19.3 Å². The van der Waals surface area contributed by atoms with E-state index >= 15 is 0 Å². The number of aryl methyl sites for hydroxylation is 1. The number of likely N-dealkylation sites (tertiary alicyclic amines) is 1. The van der Waals surface area contributed by atoms with Gasteiger partial charge >= 0.3 is 0 Å². The van der Waals surface area contributed by atoms with Gasteiger partial charge in [0.2, 0.25) is 0 Å². The number of amides is 1. The van der Waals surface area contributed by atoms with Gasteiger partial charge in [-0.2, -0.15) is 5.10 Å². The Morgan fingerprint density at radius 2 is 1.83 bits per heavy atom. The monoisotopic (exact) mass is 404 g/mol. The number of piperidine rings is 1. The van der Waals surface area contributed by atoms with Crippen molar-refractivity contribution < 1.29 is 9.53 Å². The van der Waals surface area contributed by atoms with Gasteiger partial charge < -0.3 is 10.1 Å². The first-order valence-electron chi connectivity index (χ1n) is 10.4. The minimum atomic E-state index is -0.0909. The maximum absolute atomic E-state index is 12.7. The molecule has 30 heavy (non-hydrogen) atoms. The largest absolute Gasteiger partial charge is 0.497 e. The Hall–Kier alpha value is -3.12. The minimum Gasteiger partial charge on any atom is -0.497 e. The number of nitrogens with zero attached hydrogens (tertiary/aromatic N) is 3. The quantitative estimate of drug-likeness (QED) is 0.666. The molecule has 1 aliphatic heterocycles. The summed E-state index contributed by atoms with van der Waals surface area (Å²) in [6.07, 6.45) is 3.77. The van der Waals surface area contributed by atoms with Crippen molar-refractivity contribution in [3.05, 3.63) is 77.5 Å². The fraction of sp³-hybridized carbons (Fsp3) is 0.333. The van der Waals surface area contributed by atoms with Crippen LogP contribution in [0.25, 0.3) is 0 Å². The summed E-state index contributed by atoms with van der Waals surface area (Å²) in [7, 11) is 1.69. The average Bonchev–Trinajstić information content (AvgIpc) is 3.23. The number of rotatable bonds is 6. The summed E-state index contributed by atoms with van der Waals surface area (Å²) in [5.74, 6) is 1.56. The van der Waals surface area contributed by atoms with E-state index in [1.165, 1.54) is 5.56 Å². The van der Waals surface area contributed by atoms with Crippen LogP contribution in [0.4, 0.5) is 5.82 Å². The Morgan fingerprint density at radius 3 is 2.53 bits per heavy atom. The predicted molar refractivity (Wildman–Crippen MR) is 118 cm³/mol. The highest BCUT2D eigenvalue weighted by Crippen LogP contribution is 2.27. The van der Waals surface area contributed by atoms with Gasteiger partial charge in [-0.05, 0) is 49.1 Å². The van der Waals surface area contributed by atoms with Crippen molar-refractivity contribution in [1.29, 1.82) is 0 Å². The normalized spacial score (nSPS) is 15.1. The molecular weight excluding hydrogens is 376 g/mol. The van der Waals surface area contributed by atoms with Crippen molar-refractivity contribution in [2.45, 2.75) is 32.4 Å². The van der Waals surface area contributed by atoms with Gasteiger partial charge in [-0.25, -0.2) is 4.68 Å². The van der Waals surface area contributed by atoms with Crippen LogP contribution in [0.3, 0.4) is 0 Å². The number of methoxy groups -OCH3 is 1. The Morgan fingerprint density at radius 1 is 1.10 bits per heavy atom. The van der Waals surface area contributed by atoms with Crippen molar-refractivity contribution in [1.82, 2.24) is 14.7 Å². The third-order valence-electron chi connectivity index (χ3n) is 5.77. The van der Waals surface area contributed by atoms with E-state index in [0.29, 0.717) is 11.6 Å². The maximum Gasteiger partial charge on any atom is 0.257 e. The molecule has 1 aromatic heterocycles. The molecule has 0 radical (unpaired) electrons. The molecule has 0 atom stereocenters. The van der Waals surface area contributed by atoms with Crippen LogP contribution in [0, 0.1) is 6.92 Å². The smallest absolute Gasteiger partial charge is 0.257 e. The van der Waals surface area contributed by atoms with Crippen molar-refractivity contribution in [3.63, 3.8) is 0 Å². The molecule has 3 aromatic rings. The zero-order chi connectivity index (χ0) is 20.9. The lowest BCUT2D eigenvalue weighted by Crippen LogP contribution is -2.35. The van der Waals surface area contributed by atoms with E-state index in [4.69, 9.17) is 4.74 Å². The molecule has 0 bridgehead atoms. The second kappa shape index (κ2) is 9.13. The molecule has 2 heterocycles. The molecule has 0 unspecified atom stereocenters. The molecule has 2 aromatic carbocycles. The highest BCUT2D eigenvalue weighted by molar-refractivity contribution is 6.04. The van der Waals surface area contributed by atoms with Gasteiger partial charge in [0, 0.05) is 31.3 Å². The molecule has 6 heteroatoms. The van der Waals surface area contributed by atoms with Crippen LogP contribution >= 0.6 is 0 Å². The zero-order valence-electron chi connectivity index (χ0n) is 17.5. The molecule has 156 valence electrons. The second-order valence-electron chi connectivity index (χ2n) is 7.79. The van der Waals surface area contributed by atoms with Crippen LogP contribution in [-0.4, -0.2) is 40.8 Å². The van der Waals surface area contributed by atoms with Crippen LogP contribution in [0.2, 0.25) is 0 Å². The molecule has 1 fully saturated rings. The first kappa shape index (κ1) is 20.2. The van der Waals surface area contributed by atoms with Crippen molar-refractivity contribution in [3.8, 4) is 5.75 Å². The molecule has 0 saturated carbocycles. The van der Waals surface area contributed by atoms with E-state index < -0.39 is 0 Å². The van der Waals surface area contributed by atoms with Crippen LogP contribution < -0.4 is 10.1 Å². The third kappa shape index (κ3) is 4.54. The van der Waals surface area contributed by atoms with Crippen LogP contribution in [0.15, 0.2) is 60.8 Å². The van der Waals surface area contributed by atoms with Gasteiger partial charge in [0.25, 0.3) is 5.91 Å². The van der Waals surface area contributed by atoms with Crippen molar-refractivity contribution in [2.75, 3.05) is 25.5 Å². The first-order valence-corrected chi connectivity index (χ1v) is 10.4. The lowest BCUT2D eigenvalue weighted by molar-refractivity contribution is 0.102. The summed E-state index contributed by atoms with van der Waals surface area (Å²) in [5, 5.41) is 7.55. The molecule has 6 nitrogen and oxygen atoms in total. The van der Waals surface area contributed by atoms with Crippen LogP contribution in [0.1, 0.15) is 40.4 Å². The van der Waals surface area contributed by atoms with Crippen molar-refractivity contribution in [2.24, 2.45) is 0 Å². The molecule has 1 saturated heterocycles. The summed E-state index contributed by atoms with van der Waals surface area (Å²) in [4.78, 5) is 15.2. The SMILES string of the molecule is COc1ccc(CN2CCC(n3nccc3NC(=O)c3ccccc3C)CC2)cc1. The number of hydrogen-bond acceptors (Lipinski definition) is 4. The lowest BCUT2D eigenvalue weighted by atomic mass is 10.0. The van der Waals surface area contributed by atoms with Gasteiger partial charge in [0.1, 0.15) is 11.6 Å². The average molecular weight is 405 g/mol. The Balaban J connectivity index is 1.36. The lowest BCUT2D eigenvalue weighted by Gasteiger charge is -2.32. The van der Waals surface area contributed by atoms with Gasteiger partial charge in [-0.3, -0.25) is 9.69 Å². The Labute approximate surface area is 177 Å². The van der Waals surface area contributed by atoms with Crippen LogP contribution in [0.5, 0.6) is 5.75 Å². The summed E-state index contributed by atoms with van der Waals surface area (Å²) < 4.78 is 7.21. The summed E-state index contributed by atoms with van der Waals surface area (Å²) in [5.41, 5.74) is 2.95. The maximum atomic E-state index is 12.7. The molecule has 0 aliphatic carbocycles. The number of carbonyl (C=O) groups excluding carboxylic acids is 1.